The second-order valence-corrected chi connectivity index (χ2v) is 8.42. The molecule has 1 amide bonds. The minimum absolute atomic E-state index is 0.0643. The second kappa shape index (κ2) is 6.14. The number of carbonyl (C=O) groups is 1. The van der Waals surface area contributed by atoms with Crippen molar-refractivity contribution in [2.75, 3.05) is 7.11 Å². The number of nitrogens with one attached hydrogen (secondary N) is 1. The minimum atomic E-state index is -4.02. The molecule has 0 spiro atoms. The molecule has 1 atom stereocenters. The van der Waals surface area contributed by atoms with Gasteiger partial charge in [0.25, 0.3) is 15.0 Å². The van der Waals surface area contributed by atoms with E-state index in [2.05, 4.69) is 21.2 Å². The third-order valence-corrected chi connectivity index (χ3v) is 5.34. The van der Waals surface area contributed by atoms with Crippen molar-refractivity contribution in [3.63, 3.8) is 0 Å². The van der Waals surface area contributed by atoms with E-state index >= 15 is 0 Å². The fraction of sp³-hybridized carbons (Fsp3) is 0.462. The van der Waals surface area contributed by atoms with Crippen molar-refractivity contribution >= 4 is 41.6 Å². The molecule has 1 aromatic rings. The zero-order valence-electron chi connectivity index (χ0n) is 11.5. The fourth-order valence-corrected chi connectivity index (χ4v) is 3.86. The number of rotatable bonds is 5. The summed E-state index contributed by atoms with van der Waals surface area (Å²) in [4.78, 5) is 12.0. The lowest BCUT2D eigenvalue weighted by Gasteiger charge is -2.15. The third kappa shape index (κ3) is 3.90. The van der Waals surface area contributed by atoms with Crippen molar-refractivity contribution in [1.29, 1.82) is 0 Å². The molecule has 0 radical (unpaired) electrons. The molecule has 0 saturated heterocycles. The Morgan fingerprint density at radius 2 is 2.10 bits per heavy atom. The fourth-order valence-electron chi connectivity index (χ4n) is 2.08. The number of benzene rings is 1. The first kappa shape index (κ1) is 16.6. The number of carbonyl (C=O) groups excluding carboxylic acids is 1. The summed E-state index contributed by atoms with van der Waals surface area (Å²) in [6.45, 7) is 1.94. The highest BCUT2D eigenvalue weighted by Gasteiger charge is 2.30. The molecule has 8 heteroatoms. The second-order valence-electron chi connectivity index (χ2n) is 5.03. The molecular weight excluding hydrogens is 382 g/mol. The molecule has 1 N–H and O–H groups in total. The van der Waals surface area contributed by atoms with Gasteiger partial charge in [0.15, 0.2) is 5.75 Å². The van der Waals surface area contributed by atoms with E-state index in [1.807, 2.05) is 6.92 Å². The number of halogens is 2. The standard InChI is InChI=1S/C13H15BrClNO4S/c1-7(8-3-4-8)16-13(17)9-5-10(14)12(20-2)11(6-9)21(15,18)19/h5-8H,3-4H2,1-2H3,(H,16,17). The highest BCUT2D eigenvalue weighted by atomic mass is 79.9. The Morgan fingerprint density at radius 3 is 2.57 bits per heavy atom. The lowest BCUT2D eigenvalue weighted by molar-refractivity contribution is 0.0935. The van der Waals surface area contributed by atoms with E-state index in [1.165, 1.54) is 19.2 Å². The van der Waals surface area contributed by atoms with Gasteiger partial charge in [0.1, 0.15) is 4.90 Å². The predicted octanol–water partition coefficient (Wildman–Crippen LogP) is 2.91. The van der Waals surface area contributed by atoms with Gasteiger partial charge in [-0.05, 0) is 53.7 Å². The van der Waals surface area contributed by atoms with Crippen LogP contribution in [-0.2, 0) is 9.05 Å². The largest absolute Gasteiger partial charge is 0.494 e. The van der Waals surface area contributed by atoms with E-state index in [1.54, 1.807) is 0 Å². The summed E-state index contributed by atoms with van der Waals surface area (Å²) in [5.41, 5.74) is 0.217. The normalized spacial score (nSPS) is 16.4. The van der Waals surface area contributed by atoms with Crippen molar-refractivity contribution in [1.82, 2.24) is 5.32 Å². The van der Waals surface area contributed by atoms with Gasteiger partial charge in [-0.2, -0.15) is 0 Å². The molecule has 2 rings (SSSR count). The third-order valence-electron chi connectivity index (χ3n) is 3.43. The molecule has 116 valence electrons. The molecule has 21 heavy (non-hydrogen) atoms. The van der Waals surface area contributed by atoms with Crippen LogP contribution in [0.4, 0.5) is 0 Å². The highest BCUT2D eigenvalue weighted by molar-refractivity contribution is 9.10. The lowest BCUT2D eigenvalue weighted by Crippen LogP contribution is -2.34. The number of methoxy groups -OCH3 is 1. The van der Waals surface area contributed by atoms with Crippen LogP contribution in [0.1, 0.15) is 30.1 Å². The minimum Gasteiger partial charge on any atom is -0.494 e. The van der Waals surface area contributed by atoms with E-state index in [0.29, 0.717) is 10.4 Å². The Labute approximate surface area is 136 Å². The molecule has 0 aliphatic heterocycles. The average molecular weight is 397 g/mol. The molecule has 0 aromatic heterocycles. The Kier molecular flexibility index (Phi) is 4.85. The van der Waals surface area contributed by atoms with Gasteiger partial charge in [-0.3, -0.25) is 4.79 Å². The van der Waals surface area contributed by atoms with Crippen LogP contribution in [0.2, 0.25) is 0 Å². The summed E-state index contributed by atoms with van der Waals surface area (Å²) >= 11 is 3.20. The van der Waals surface area contributed by atoms with Crippen molar-refractivity contribution in [3.05, 3.63) is 22.2 Å². The van der Waals surface area contributed by atoms with Crippen LogP contribution in [0.5, 0.6) is 5.75 Å². The van der Waals surface area contributed by atoms with Crippen LogP contribution in [0.25, 0.3) is 0 Å². The summed E-state index contributed by atoms with van der Waals surface area (Å²) in [5.74, 6) is 0.253. The molecule has 0 heterocycles. The smallest absolute Gasteiger partial charge is 0.265 e. The Bertz CT molecular complexity index is 673. The molecule has 1 fully saturated rings. The van der Waals surface area contributed by atoms with Crippen LogP contribution in [0.15, 0.2) is 21.5 Å². The first-order chi connectivity index (χ1) is 9.74. The van der Waals surface area contributed by atoms with E-state index in [4.69, 9.17) is 15.4 Å². The highest BCUT2D eigenvalue weighted by Crippen LogP contribution is 2.36. The molecule has 1 saturated carbocycles. The number of amides is 1. The molecule has 1 aliphatic carbocycles. The Morgan fingerprint density at radius 1 is 1.48 bits per heavy atom. The van der Waals surface area contributed by atoms with E-state index in [-0.39, 0.29) is 28.2 Å². The van der Waals surface area contributed by atoms with Gasteiger partial charge in [0.05, 0.1) is 11.6 Å². The van der Waals surface area contributed by atoms with Crippen molar-refractivity contribution in [2.24, 2.45) is 5.92 Å². The predicted molar refractivity (Wildman–Crippen MR) is 83.4 cm³/mol. The molecule has 1 aromatic carbocycles. The van der Waals surface area contributed by atoms with Gasteiger partial charge in [-0.15, -0.1) is 0 Å². The van der Waals surface area contributed by atoms with E-state index in [0.717, 1.165) is 12.8 Å². The van der Waals surface area contributed by atoms with Gasteiger partial charge >= 0.3 is 0 Å². The van der Waals surface area contributed by atoms with Gasteiger partial charge in [-0.25, -0.2) is 8.42 Å². The zero-order valence-corrected chi connectivity index (χ0v) is 14.7. The van der Waals surface area contributed by atoms with Crippen LogP contribution < -0.4 is 10.1 Å². The summed E-state index contributed by atoms with van der Waals surface area (Å²) in [6.07, 6.45) is 2.21. The Balaban J connectivity index is 2.36. The van der Waals surface area contributed by atoms with Crippen LogP contribution in [-0.4, -0.2) is 27.5 Å². The lowest BCUT2D eigenvalue weighted by atomic mass is 10.1. The summed E-state index contributed by atoms with van der Waals surface area (Å²) in [6, 6.07) is 2.80. The maximum absolute atomic E-state index is 12.2. The molecule has 0 bridgehead atoms. The first-order valence-corrected chi connectivity index (χ1v) is 9.47. The van der Waals surface area contributed by atoms with Crippen LogP contribution >= 0.6 is 26.6 Å². The summed E-state index contributed by atoms with van der Waals surface area (Å²) in [5, 5.41) is 2.86. The molecule has 1 unspecified atom stereocenters. The quantitative estimate of drug-likeness (QED) is 0.777. The van der Waals surface area contributed by atoms with Crippen LogP contribution in [0, 0.1) is 5.92 Å². The van der Waals surface area contributed by atoms with Gasteiger partial charge < -0.3 is 10.1 Å². The van der Waals surface area contributed by atoms with Crippen molar-refractivity contribution in [2.45, 2.75) is 30.7 Å². The first-order valence-electron chi connectivity index (χ1n) is 6.37. The Hall–Kier alpha value is -0.790. The maximum Gasteiger partial charge on any atom is 0.265 e. The summed E-state index contributed by atoms with van der Waals surface area (Å²) < 4.78 is 28.6. The van der Waals surface area contributed by atoms with Gasteiger partial charge in [-0.1, -0.05) is 0 Å². The van der Waals surface area contributed by atoms with Gasteiger partial charge in [0.2, 0.25) is 0 Å². The van der Waals surface area contributed by atoms with Crippen molar-refractivity contribution in [3.8, 4) is 5.75 Å². The van der Waals surface area contributed by atoms with E-state index in [9.17, 15) is 13.2 Å². The number of hydrogen-bond donors (Lipinski definition) is 1. The molecule has 1 aliphatic rings. The monoisotopic (exact) mass is 395 g/mol. The zero-order chi connectivity index (χ0) is 15.8. The van der Waals surface area contributed by atoms with Crippen LogP contribution in [0.3, 0.4) is 0 Å². The SMILES string of the molecule is COc1c(Br)cc(C(=O)NC(C)C2CC2)cc1S(=O)(=O)Cl. The number of hydrogen-bond acceptors (Lipinski definition) is 4. The maximum atomic E-state index is 12.2. The van der Waals surface area contributed by atoms with Crippen molar-refractivity contribution < 1.29 is 17.9 Å². The topological polar surface area (TPSA) is 72.5 Å². The molecular formula is C13H15BrClNO4S. The summed E-state index contributed by atoms with van der Waals surface area (Å²) in [7, 11) is 2.71. The average Bonchev–Trinajstić information content (AvgIpc) is 3.20. The number of ether oxygens (including phenoxy) is 1. The van der Waals surface area contributed by atoms with Gasteiger partial charge in [0, 0.05) is 22.3 Å². The van der Waals surface area contributed by atoms with E-state index < -0.39 is 9.05 Å². The molecule has 5 nitrogen and oxygen atoms in total.